The molecule has 0 radical (unpaired) electrons. The number of nitrogens with zero attached hydrogens (tertiary/aromatic N) is 2. The lowest BCUT2D eigenvalue weighted by Gasteiger charge is -2.45. The molecule has 1 N–H and O–H groups in total. The number of aliphatic hydroxyl groups excluding tert-OH is 1. The maximum atomic E-state index is 9.68. The molecule has 1 aromatic rings. The highest BCUT2D eigenvalue weighted by molar-refractivity contribution is 5.61. The van der Waals surface area contributed by atoms with Crippen molar-refractivity contribution in [3.63, 3.8) is 0 Å². The van der Waals surface area contributed by atoms with Crippen molar-refractivity contribution in [2.24, 2.45) is 0 Å². The zero-order valence-corrected chi connectivity index (χ0v) is 12.3. The van der Waals surface area contributed by atoms with Gasteiger partial charge >= 0.3 is 0 Å². The number of aryl methyl sites for hydroxylation is 1. The lowest BCUT2D eigenvalue weighted by molar-refractivity contribution is 0.170. The van der Waals surface area contributed by atoms with Gasteiger partial charge in [-0.3, -0.25) is 0 Å². The summed E-state index contributed by atoms with van der Waals surface area (Å²) in [4.78, 5) is 4.57. The molecular formula is C15H24N2O2. The number of anilines is 1. The number of likely N-dealkylation sites (N-methyl/N-ethyl adjacent to an activating group) is 1. The van der Waals surface area contributed by atoms with Gasteiger partial charge in [0.15, 0.2) is 0 Å². The van der Waals surface area contributed by atoms with Crippen LogP contribution in [0.2, 0.25) is 0 Å². The van der Waals surface area contributed by atoms with Crippen LogP contribution in [0.4, 0.5) is 5.69 Å². The molecule has 1 saturated heterocycles. The first-order chi connectivity index (χ1) is 9.06. The molecule has 1 fully saturated rings. The van der Waals surface area contributed by atoms with E-state index in [0.717, 1.165) is 24.5 Å². The summed E-state index contributed by atoms with van der Waals surface area (Å²) in [5.74, 6) is 0.875. The quantitative estimate of drug-likeness (QED) is 0.897. The Morgan fingerprint density at radius 2 is 2.11 bits per heavy atom. The molecule has 0 saturated carbocycles. The Labute approximate surface area is 115 Å². The molecule has 0 bridgehead atoms. The molecule has 1 aliphatic rings. The van der Waals surface area contributed by atoms with Crippen LogP contribution in [-0.2, 0) is 0 Å². The monoisotopic (exact) mass is 264 g/mol. The molecule has 0 amide bonds. The lowest BCUT2D eigenvalue weighted by Crippen LogP contribution is -2.58. The molecule has 19 heavy (non-hydrogen) atoms. The van der Waals surface area contributed by atoms with E-state index in [9.17, 15) is 5.11 Å². The predicted molar refractivity (Wildman–Crippen MR) is 78.0 cm³/mol. The van der Waals surface area contributed by atoms with Gasteiger partial charge in [-0.1, -0.05) is 6.07 Å². The van der Waals surface area contributed by atoms with Crippen LogP contribution in [0, 0.1) is 6.92 Å². The van der Waals surface area contributed by atoms with Gasteiger partial charge < -0.3 is 19.6 Å². The van der Waals surface area contributed by atoms with E-state index >= 15 is 0 Å². The van der Waals surface area contributed by atoms with Crippen molar-refractivity contribution in [1.82, 2.24) is 4.90 Å². The summed E-state index contributed by atoms with van der Waals surface area (Å²) in [6.07, 6.45) is 0. The number of rotatable bonds is 3. The third kappa shape index (κ3) is 2.85. The number of benzene rings is 1. The van der Waals surface area contributed by atoms with Crippen molar-refractivity contribution in [1.29, 1.82) is 0 Å². The van der Waals surface area contributed by atoms with Gasteiger partial charge in [0.1, 0.15) is 5.75 Å². The van der Waals surface area contributed by atoms with E-state index in [1.165, 1.54) is 5.56 Å². The van der Waals surface area contributed by atoms with Gasteiger partial charge in [-0.25, -0.2) is 0 Å². The molecule has 4 heteroatoms. The Morgan fingerprint density at radius 3 is 2.74 bits per heavy atom. The number of hydrogen-bond acceptors (Lipinski definition) is 4. The largest absolute Gasteiger partial charge is 0.495 e. The van der Waals surface area contributed by atoms with Crippen LogP contribution >= 0.6 is 0 Å². The molecule has 1 heterocycles. The first kappa shape index (κ1) is 14.2. The van der Waals surface area contributed by atoms with Gasteiger partial charge in [0, 0.05) is 19.1 Å². The minimum atomic E-state index is 0.115. The average Bonchev–Trinajstić information content (AvgIpc) is 2.37. The van der Waals surface area contributed by atoms with Gasteiger partial charge in [0.25, 0.3) is 0 Å². The number of methoxy groups -OCH3 is 1. The first-order valence-electron chi connectivity index (χ1n) is 6.79. The third-order valence-corrected chi connectivity index (χ3v) is 3.79. The zero-order chi connectivity index (χ0) is 14.0. The van der Waals surface area contributed by atoms with Crippen LogP contribution in [0.5, 0.6) is 5.75 Å². The van der Waals surface area contributed by atoms with Crippen molar-refractivity contribution >= 4 is 5.69 Å². The molecule has 2 unspecified atom stereocenters. The molecule has 0 spiro atoms. The number of aliphatic hydroxyl groups is 1. The van der Waals surface area contributed by atoms with Gasteiger partial charge in [0.2, 0.25) is 0 Å². The van der Waals surface area contributed by atoms with E-state index in [1.54, 1.807) is 7.11 Å². The van der Waals surface area contributed by atoms with Crippen LogP contribution in [0.1, 0.15) is 12.5 Å². The Hall–Kier alpha value is -1.26. The molecular weight excluding hydrogens is 240 g/mol. The van der Waals surface area contributed by atoms with Gasteiger partial charge in [-0.2, -0.15) is 0 Å². The summed E-state index contributed by atoms with van der Waals surface area (Å²) in [6, 6.07) is 6.67. The number of hydrogen-bond donors (Lipinski definition) is 1. The molecule has 1 aromatic carbocycles. The Kier molecular flexibility index (Phi) is 4.32. The van der Waals surface area contributed by atoms with Gasteiger partial charge in [-0.15, -0.1) is 0 Å². The highest BCUT2D eigenvalue weighted by Crippen LogP contribution is 2.33. The summed E-state index contributed by atoms with van der Waals surface area (Å²) >= 11 is 0. The SMILES string of the molecule is COc1ccc(C)cc1N1C(C)CN(C)CC1CO. The fourth-order valence-electron chi connectivity index (χ4n) is 3.00. The average molecular weight is 264 g/mol. The first-order valence-corrected chi connectivity index (χ1v) is 6.79. The molecule has 0 aliphatic carbocycles. The summed E-state index contributed by atoms with van der Waals surface area (Å²) in [5.41, 5.74) is 2.29. The molecule has 106 valence electrons. The molecule has 2 rings (SSSR count). The topological polar surface area (TPSA) is 35.9 Å². The highest BCUT2D eigenvalue weighted by atomic mass is 16.5. The fraction of sp³-hybridized carbons (Fsp3) is 0.600. The van der Waals surface area contributed by atoms with E-state index in [4.69, 9.17) is 4.74 Å². The molecule has 2 atom stereocenters. The van der Waals surface area contributed by atoms with Crippen molar-refractivity contribution in [2.75, 3.05) is 38.8 Å². The maximum Gasteiger partial charge on any atom is 0.142 e. The Balaban J connectivity index is 2.39. The second-order valence-corrected chi connectivity index (χ2v) is 5.49. The van der Waals surface area contributed by atoms with E-state index in [2.05, 4.69) is 42.8 Å². The standard InChI is InChI=1S/C15H24N2O2/c1-11-5-6-15(19-4)14(7-11)17-12(2)8-16(3)9-13(17)10-18/h5-7,12-13,18H,8-10H2,1-4H3. The van der Waals surface area contributed by atoms with Gasteiger partial charge in [-0.05, 0) is 38.6 Å². The fourth-order valence-corrected chi connectivity index (χ4v) is 3.00. The van der Waals surface area contributed by atoms with Crippen molar-refractivity contribution in [3.8, 4) is 5.75 Å². The van der Waals surface area contributed by atoms with Crippen LogP contribution in [0.25, 0.3) is 0 Å². The third-order valence-electron chi connectivity index (χ3n) is 3.79. The Morgan fingerprint density at radius 1 is 1.37 bits per heavy atom. The summed E-state index contributed by atoms with van der Waals surface area (Å²) in [5, 5.41) is 9.68. The predicted octanol–water partition coefficient (Wildman–Crippen LogP) is 1.50. The lowest BCUT2D eigenvalue weighted by atomic mass is 10.0. The maximum absolute atomic E-state index is 9.68. The highest BCUT2D eigenvalue weighted by Gasteiger charge is 2.31. The van der Waals surface area contributed by atoms with E-state index in [1.807, 2.05) is 6.07 Å². The summed E-state index contributed by atoms with van der Waals surface area (Å²) in [7, 11) is 3.80. The van der Waals surface area contributed by atoms with E-state index in [0.29, 0.717) is 6.04 Å². The van der Waals surface area contributed by atoms with E-state index < -0.39 is 0 Å². The normalized spacial score (nSPS) is 24.6. The van der Waals surface area contributed by atoms with Crippen molar-refractivity contribution in [3.05, 3.63) is 23.8 Å². The smallest absolute Gasteiger partial charge is 0.142 e. The second kappa shape index (κ2) is 5.80. The molecule has 0 aromatic heterocycles. The Bertz CT molecular complexity index is 436. The second-order valence-electron chi connectivity index (χ2n) is 5.49. The molecule has 1 aliphatic heterocycles. The van der Waals surface area contributed by atoms with Crippen LogP contribution < -0.4 is 9.64 Å². The van der Waals surface area contributed by atoms with E-state index in [-0.39, 0.29) is 12.6 Å². The van der Waals surface area contributed by atoms with Crippen LogP contribution in [0.15, 0.2) is 18.2 Å². The number of piperazine rings is 1. The van der Waals surface area contributed by atoms with Crippen LogP contribution in [0.3, 0.4) is 0 Å². The minimum absolute atomic E-state index is 0.115. The van der Waals surface area contributed by atoms with Crippen LogP contribution in [-0.4, -0.2) is 55.9 Å². The zero-order valence-electron chi connectivity index (χ0n) is 12.3. The number of ether oxygens (including phenoxy) is 1. The summed E-state index contributed by atoms with van der Waals surface area (Å²) in [6.45, 7) is 6.30. The van der Waals surface area contributed by atoms with Crippen molar-refractivity contribution in [2.45, 2.75) is 25.9 Å². The minimum Gasteiger partial charge on any atom is -0.495 e. The van der Waals surface area contributed by atoms with Crippen molar-refractivity contribution < 1.29 is 9.84 Å². The molecule has 4 nitrogen and oxygen atoms in total. The van der Waals surface area contributed by atoms with Gasteiger partial charge in [0.05, 0.1) is 25.4 Å². The summed E-state index contributed by atoms with van der Waals surface area (Å²) < 4.78 is 5.48.